The number of aromatic hydroxyl groups is 1. The van der Waals surface area contributed by atoms with Crippen LogP contribution < -0.4 is 21.1 Å². The number of amides is 1. The van der Waals surface area contributed by atoms with Gasteiger partial charge in [-0.05, 0) is 37.1 Å². The van der Waals surface area contributed by atoms with Crippen LogP contribution in [0.2, 0.25) is 0 Å². The highest BCUT2D eigenvalue weighted by molar-refractivity contribution is 5.98. The van der Waals surface area contributed by atoms with Crippen LogP contribution in [-0.4, -0.2) is 66.1 Å². The Labute approximate surface area is 179 Å². The van der Waals surface area contributed by atoms with E-state index in [1.54, 1.807) is 13.2 Å². The fraction of sp³-hybridized carbons (Fsp3) is 0.400. The molecule has 11 nitrogen and oxygen atoms in total. The number of hydrogen-bond donors (Lipinski definition) is 5. The summed E-state index contributed by atoms with van der Waals surface area (Å²) in [5.41, 5.74) is 7.20. The van der Waals surface area contributed by atoms with Gasteiger partial charge in [-0.3, -0.25) is 9.59 Å². The number of carbonyl (C=O) groups is 2. The van der Waals surface area contributed by atoms with E-state index in [-0.39, 0.29) is 30.4 Å². The summed E-state index contributed by atoms with van der Waals surface area (Å²) in [5.74, 6) is 0.155. The molecule has 2 aromatic rings. The maximum Gasteiger partial charge on any atom is 0.290 e. The minimum absolute atomic E-state index is 0.0479. The summed E-state index contributed by atoms with van der Waals surface area (Å²) >= 11 is 0. The highest BCUT2D eigenvalue weighted by atomic mass is 16.5. The Morgan fingerprint density at radius 2 is 2.10 bits per heavy atom. The van der Waals surface area contributed by atoms with Gasteiger partial charge < -0.3 is 36.1 Å². The molecule has 168 valence electrons. The number of hydrogen-bond acceptors (Lipinski definition) is 9. The van der Waals surface area contributed by atoms with E-state index in [1.165, 1.54) is 19.2 Å². The minimum atomic E-state index is -0.622. The average Bonchev–Trinajstić information content (AvgIpc) is 2.75. The lowest BCUT2D eigenvalue weighted by Gasteiger charge is -2.24. The van der Waals surface area contributed by atoms with Crippen LogP contribution in [0.4, 0.5) is 5.82 Å². The van der Waals surface area contributed by atoms with Gasteiger partial charge in [0, 0.05) is 31.3 Å². The summed E-state index contributed by atoms with van der Waals surface area (Å²) in [4.78, 5) is 20.4. The van der Waals surface area contributed by atoms with E-state index in [1.807, 2.05) is 0 Å². The molecule has 0 radical (unpaired) electrons. The number of rotatable bonds is 7. The van der Waals surface area contributed by atoms with Gasteiger partial charge in [0.15, 0.2) is 5.82 Å². The van der Waals surface area contributed by atoms with Crippen LogP contribution >= 0.6 is 0 Å². The Bertz CT molecular complexity index is 902. The molecular weight excluding hydrogens is 406 g/mol. The van der Waals surface area contributed by atoms with Crippen molar-refractivity contribution < 1.29 is 29.3 Å². The van der Waals surface area contributed by atoms with Crippen molar-refractivity contribution in [2.24, 2.45) is 5.73 Å². The zero-order valence-electron chi connectivity index (χ0n) is 17.4. The van der Waals surface area contributed by atoms with Gasteiger partial charge >= 0.3 is 0 Å². The van der Waals surface area contributed by atoms with Crippen molar-refractivity contribution in [2.75, 3.05) is 32.6 Å². The number of ether oxygens (including phenoxy) is 2. The number of nitrogens with one attached hydrogen (secondary N) is 2. The number of piperidine rings is 1. The first-order valence-corrected chi connectivity index (χ1v) is 9.56. The van der Waals surface area contributed by atoms with Crippen LogP contribution in [0.15, 0.2) is 18.2 Å². The van der Waals surface area contributed by atoms with Gasteiger partial charge in [-0.2, -0.15) is 0 Å². The lowest BCUT2D eigenvalue weighted by atomic mass is 10.0. The molecule has 2 heterocycles. The van der Waals surface area contributed by atoms with E-state index >= 15 is 0 Å². The molecule has 0 saturated carbocycles. The molecule has 1 fully saturated rings. The highest BCUT2D eigenvalue weighted by Gasteiger charge is 2.21. The van der Waals surface area contributed by atoms with Crippen LogP contribution in [0.5, 0.6) is 11.5 Å². The van der Waals surface area contributed by atoms with Crippen molar-refractivity contribution in [3.8, 4) is 22.8 Å². The molecule has 1 atom stereocenters. The second-order valence-electron chi connectivity index (χ2n) is 6.76. The summed E-state index contributed by atoms with van der Waals surface area (Å²) in [7, 11) is 3.06. The smallest absolute Gasteiger partial charge is 0.290 e. The van der Waals surface area contributed by atoms with E-state index in [4.69, 9.17) is 25.1 Å². The molecule has 31 heavy (non-hydrogen) atoms. The molecule has 1 aromatic heterocycles. The summed E-state index contributed by atoms with van der Waals surface area (Å²) in [6.07, 6.45) is 2.00. The number of aromatic nitrogens is 2. The van der Waals surface area contributed by atoms with E-state index < -0.39 is 5.91 Å². The fourth-order valence-electron chi connectivity index (χ4n) is 3.32. The number of anilines is 1. The monoisotopic (exact) mass is 433 g/mol. The van der Waals surface area contributed by atoms with Crippen LogP contribution in [0.1, 0.15) is 28.8 Å². The number of phenols is 1. The van der Waals surface area contributed by atoms with Crippen LogP contribution in [-0.2, 0) is 16.1 Å². The molecule has 1 aromatic carbocycles. The second kappa shape index (κ2) is 11.7. The molecule has 1 amide bonds. The number of nitrogens with two attached hydrogens (primary N) is 1. The quantitative estimate of drug-likeness (QED) is 0.397. The van der Waals surface area contributed by atoms with Gasteiger partial charge in [0.2, 0.25) is 0 Å². The number of phenolic OH excluding ortho intramolecular Hbond substituents is 1. The van der Waals surface area contributed by atoms with Crippen molar-refractivity contribution >= 4 is 18.2 Å². The van der Waals surface area contributed by atoms with Crippen LogP contribution in [0.3, 0.4) is 0 Å². The maximum absolute atomic E-state index is 12.0. The summed E-state index contributed by atoms with van der Waals surface area (Å²) in [5, 5.41) is 32.3. The number of primary amides is 1. The van der Waals surface area contributed by atoms with E-state index in [2.05, 4.69) is 20.8 Å². The highest BCUT2D eigenvalue weighted by Crippen LogP contribution is 2.36. The summed E-state index contributed by atoms with van der Waals surface area (Å²) in [6.45, 7) is 1.73. The zero-order chi connectivity index (χ0) is 22.8. The molecule has 1 unspecified atom stereocenters. The Hall–Kier alpha value is -3.44. The third kappa shape index (κ3) is 6.27. The Kier molecular flexibility index (Phi) is 8.97. The molecule has 1 aliphatic rings. The van der Waals surface area contributed by atoms with Crippen molar-refractivity contribution in [3.05, 3.63) is 29.3 Å². The van der Waals surface area contributed by atoms with Crippen molar-refractivity contribution in [2.45, 2.75) is 25.5 Å². The number of nitrogens with zero attached hydrogens (tertiary/aromatic N) is 2. The molecular formula is C20H27N5O6. The molecule has 11 heteroatoms. The van der Waals surface area contributed by atoms with Crippen molar-refractivity contribution in [1.82, 2.24) is 15.5 Å². The summed E-state index contributed by atoms with van der Waals surface area (Å²) < 4.78 is 10.4. The first kappa shape index (κ1) is 23.8. The average molecular weight is 433 g/mol. The molecule has 0 aliphatic carbocycles. The Morgan fingerprint density at radius 3 is 2.68 bits per heavy atom. The number of methoxy groups -OCH3 is 2. The van der Waals surface area contributed by atoms with E-state index in [9.17, 15) is 9.90 Å². The van der Waals surface area contributed by atoms with E-state index in [0.717, 1.165) is 25.9 Å². The van der Waals surface area contributed by atoms with Gasteiger partial charge in [0.25, 0.3) is 12.4 Å². The number of benzene rings is 1. The van der Waals surface area contributed by atoms with Gasteiger partial charge in [0.05, 0.1) is 25.0 Å². The molecule has 1 saturated heterocycles. The molecule has 0 spiro atoms. The van der Waals surface area contributed by atoms with Gasteiger partial charge in [-0.25, -0.2) is 0 Å². The van der Waals surface area contributed by atoms with Crippen molar-refractivity contribution in [1.29, 1.82) is 0 Å². The molecule has 1 aliphatic heterocycles. The molecule has 6 N–H and O–H groups in total. The third-order valence-electron chi connectivity index (χ3n) is 4.66. The SMILES string of the molecule is COCc1cc(OC)cc(O)c1-c1cc(C(N)=O)c(NC2CCCNC2)nn1.O=CO. The zero-order valence-corrected chi connectivity index (χ0v) is 17.4. The normalized spacial score (nSPS) is 15.4. The predicted molar refractivity (Wildman–Crippen MR) is 113 cm³/mol. The van der Waals surface area contributed by atoms with Gasteiger partial charge in [-0.15, -0.1) is 10.2 Å². The minimum Gasteiger partial charge on any atom is -0.507 e. The Morgan fingerprint density at radius 1 is 1.35 bits per heavy atom. The Balaban J connectivity index is 0.00000107. The fourth-order valence-corrected chi connectivity index (χ4v) is 3.32. The van der Waals surface area contributed by atoms with Crippen molar-refractivity contribution in [3.63, 3.8) is 0 Å². The predicted octanol–water partition coefficient (Wildman–Crippen LogP) is 0.968. The summed E-state index contributed by atoms with van der Waals surface area (Å²) in [6, 6.07) is 4.89. The third-order valence-corrected chi connectivity index (χ3v) is 4.66. The van der Waals surface area contributed by atoms with Gasteiger partial charge in [0.1, 0.15) is 11.5 Å². The number of carboxylic acid groups (broad SMARTS) is 1. The lowest BCUT2D eigenvalue weighted by molar-refractivity contribution is -0.122. The first-order valence-electron chi connectivity index (χ1n) is 9.56. The first-order chi connectivity index (χ1) is 14.9. The molecule has 0 bridgehead atoms. The number of carbonyl (C=O) groups excluding carboxylic acids is 1. The lowest BCUT2D eigenvalue weighted by Crippen LogP contribution is -2.39. The topological polar surface area (TPSA) is 169 Å². The maximum atomic E-state index is 12.0. The van der Waals surface area contributed by atoms with Crippen LogP contribution in [0, 0.1) is 0 Å². The largest absolute Gasteiger partial charge is 0.507 e. The standard InChI is InChI=1S/C19H25N5O4.CH2O2/c1-27-10-11-6-13(28-2)7-16(25)17(11)15-8-14(18(20)26)19(24-23-15)22-12-4-3-5-21-9-12;2-1-3/h6-8,12,21,25H,3-5,9-10H2,1-2H3,(H2,20,26)(H,22,24);1H,(H,2,3). The van der Waals surface area contributed by atoms with Gasteiger partial charge in [-0.1, -0.05) is 0 Å². The van der Waals surface area contributed by atoms with E-state index in [0.29, 0.717) is 28.4 Å². The second-order valence-corrected chi connectivity index (χ2v) is 6.76. The molecule has 3 rings (SSSR count). The van der Waals surface area contributed by atoms with Crippen LogP contribution in [0.25, 0.3) is 11.3 Å².